The zero-order chi connectivity index (χ0) is 46.0. The maximum Gasteiger partial charge on any atom is 0.410 e. The second-order valence-electron chi connectivity index (χ2n) is 17.1. The van der Waals surface area contributed by atoms with Crippen LogP contribution in [-0.2, 0) is 27.5 Å². The lowest BCUT2D eigenvalue weighted by Gasteiger charge is -2.59. The highest BCUT2D eigenvalue weighted by atomic mass is 16.7. The van der Waals surface area contributed by atoms with Crippen LogP contribution in [0, 0.1) is 27.9 Å². The van der Waals surface area contributed by atoms with Gasteiger partial charge in [0.25, 0.3) is 5.69 Å². The fraction of sp³-hybridized carbons (Fsp3) is 0.358. The molecule has 0 aromatic heterocycles. The van der Waals surface area contributed by atoms with Gasteiger partial charge in [-0.15, -0.1) is 6.58 Å². The number of aliphatic hydroxyl groups is 2. The van der Waals surface area contributed by atoms with Crippen LogP contribution in [0.25, 0.3) is 10.8 Å². The van der Waals surface area contributed by atoms with E-state index in [4.69, 9.17) is 28.9 Å². The highest BCUT2D eigenvalue weighted by molar-refractivity contribution is 6.03. The molecule has 0 saturated heterocycles. The fourth-order valence-electron chi connectivity index (χ4n) is 10.3. The summed E-state index contributed by atoms with van der Waals surface area (Å²) < 4.78 is 26.5. The number of nitro benzene ring substituents is 1. The number of oxime groups is 1. The molecule has 2 aliphatic carbocycles. The summed E-state index contributed by atoms with van der Waals surface area (Å²) in [7, 11) is 1.37. The van der Waals surface area contributed by atoms with E-state index in [1.165, 1.54) is 19.2 Å². The number of carbonyl (C=O) groups excluding carboxylic acids is 1. The van der Waals surface area contributed by atoms with Crippen LogP contribution in [-0.4, -0.2) is 70.6 Å². The Kier molecular flexibility index (Phi) is 14.8. The number of unbranched alkanes of at least 4 members (excludes halogenated alkanes) is 2. The van der Waals surface area contributed by atoms with Gasteiger partial charge in [-0.3, -0.25) is 15.0 Å². The minimum absolute atomic E-state index is 0.000777. The van der Waals surface area contributed by atoms with Crippen molar-refractivity contribution in [3.63, 3.8) is 0 Å². The van der Waals surface area contributed by atoms with Crippen LogP contribution in [0.2, 0.25) is 0 Å². The van der Waals surface area contributed by atoms with Crippen LogP contribution in [0.1, 0.15) is 67.6 Å². The normalized spacial score (nSPS) is 22.3. The van der Waals surface area contributed by atoms with Gasteiger partial charge >= 0.3 is 6.09 Å². The largest absolute Gasteiger partial charge is 0.459 e. The first-order chi connectivity index (χ1) is 32.3. The molecule has 13 heteroatoms. The number of ether oxygens (including phenoxy) is 4. The van der Waals surface area contributed by atoms with Crippen molar-refractivity contribution in [3.8, 4) is 17.2 Å². The molecule has 1 amide bonds. The lowest BCUT2D eigenvalue weighted by atomic mass is 9.55. The van der Waals surface area contributed by atoms with Gasteiger partial charge in [-0.05, 0) is 89.3 Å². The van der Waals surface area contributed by atoms with Crippen molar-refractivity contribution in [1.82, 2.24) is 4.90 Å². The standard InChI is InChI=1S/C53H57N3O10/c1-3-29-63-53-49(55(52(59)62-2)34-39-20-13-19-37-17-7-8-23-43(37)39)33-47(54-64-35-36-15-5-4-6-16-36)45-30-38(18-9-11-27-57)44(24-10-12-28-58)50(51(45)53)46-32-42(25-26-48(46)66-53)65-41-22-14-21-40(31-41)56(60)61/h3-8,13-17,19-23,25-26,30-32,38,44,49-51,57-58H,1,9-12,18,24,27-29,33-35H2,2H3/t38-,44+,49-,50+,51+,53+/m0/s1. The molecule has 2 N–H and O–H groups in total. The topological polar surface area (TPSA) is 162 Å². The molecule has 1 heterocycles. The third-order valence-corrected chi connectivity index (χ3v) is 13.2. The molecular formula is C53H57N3O10. The Hall–Kier alpha value is -6.54. The van der Waals surface area contributed by atoms with Crippen molar-refractivity contribution in [1.29, 1.82) is 0 Å². The molecule has 344 valence electrons. The number of allylic oxidation sites excluding steroid dienone is 1. The van der Waals surface area contributed by atoms with Crippen molar-refractivity contribution >= 4 is 28.3 Å². The van der Waals surface area contributed by atoms with E-state index in [2.05, 4.69) is 12.7 Å². The summed E-state index contributed by atoms with van der Waals surface area (Å²) in [4.78, 5) is 33.7. The number of nitrogens with zero attached hydrogens (tertiary/aromatic N) is 3. The van der Waals surface area contributed by atoms with E-state index < -0.39 is 28.8 Å². The number of hydrogen-bond donors (Lipinski definition) is 2. The molecule has 5 aromatic carbocycles. The Labute approximate surface area is 385 Å². The number of rotatable bonds is 20. The zero-order valence-electron chi connectivity index (χ0n) is 37.2. The van der Waals surface area contributed by atoms with Crippen LogP contribution >= 0.6 is 0 Å². The summed E-state index contributed by atoms with van der Waals surface area (Å²) in [5.74, 6) is -1.18. The zero-order valence-corrected chi connectivity index (χ0v) is 37.2. The third kappa shape index (κ3) is 9.69. The van der Waals surface area contributed by atoms with Crippen LogP contribution in [0.5, 0.6) is 17.2 Å². The molecule has 1 saturated carbocycles. The van der Waals surface area contributed by atoms with Crippen molar-refractivity contribution < 1.29 is 43.7 Å². The van der Waals surface area contributed by atoms with E-state index in [1.807, 2.05) is 84.9 Å². The monoisotopic (exact) mass is 895 g/mol. The Morgan fingerprint density at radius 3 is 2.44 bits per heavy atom. The van der Waals surface area contributed by atoms with Gasteiger partial charge in [0.1, 0.15) is 29.9 Å². The highest BCUT2D eigenvalue weighted by Gasteiger charge is 2.65. The van der Waals surface area contributed by atoms with Crippen LogP contribution in [0.4, 0.5) is 10.5 Å². The maximum absolute atomic E-state index is 14.5. The number of amides is 1. The molecule has 0 spiro atoms. The van der Waals surface area contributed by atoms with Gasteiger partial charge in [-0.1, -0.05) is 109 Å². The van der Waals surface area contributed by atoms with E-state index >= 15 is 0 Å². The minimum atomic E-state index is -1.53. The summed E-state index contributed by atoms with van der Waals surface area (Å²) in [5, 5.41) is 38.7. The second-order valence-corrected chi connectivity index (χ2v) is 17.1. The Balaban J connectivity index is 1.34. The van der Waals surface area contributed by atoms with Gasteiger partial charge in [-0.25, -0.2) is 4.79 Å². The van der Waals surface area contributed by atoms with E-state index in [0.29, 0.717) is 35.8 Å². The summed E-state index contributed by atoms with van der Waals surface area (Å²) in [6.45, 7) is 4.62. The number of aliphatic hydroxyl groups excluding tert-OH is 2. The molecule has 6 atom stereocenters. The summed E-state index contributed by atoms with van der Waals surface area (Å²) in [6, 6.07) is 34.7. The number of benzene rings is 5. The number of nitro groups is 1. The van der Waals surface area contributed by atoms with Gasteiger partial charge in [0.15, 0.2) is 0 Å². The quantitative estimate of drug-likeness (QED) is 0.0333. The van der Waals surface area contributed by atoms with Crippen molar-refractivity contribution in [3.05, 3.63) is 166 Å². The average Bonchev–Trinajstić information content (AvgIpc) is 3.34. The van der Waals surface area contributed by atoms with Crippen molar-refractivity contribution in [2.75, 3.05) is 26.9 Å². The molecule has 0 unspecified atom stereocenters. The van der Waals surface area contributed by atoms with Crippen LogP contribution < -0.4 is 9.47 Å². The molecule has 13 nitrogen and oxygen atoms in total. The first kappa shape index (κ1) is 46.0. The predicted molar refractivity (Wildman–Crippen MR) is 251 cm³/mol. The van der Waals surface area contributed by atoms with Gasteiger partial charge in [0, 0.05) is 37.2 Å². The maximum atomic E-state index is 14.5. The van der Waals surface area contributed by atoms with Crippen molar-refractivity contribution in [2.24, 2.45) is 22.9 Å². The molecule has 0 bridgehead atoms. The SMILES string of the molecule is C=CCO[C@@]12Oc3ccc(Oc4cccc([N+](=O)[O-])c4)cc3[C@H]3[C@H](CCCCO)[C@@H](CCCCO)C=C(C(=NOCc4ccccc4)C[C@@H]1N(Cc1cccc4ccccc14)C(=O)OC)[C@H]32. The average molecular weight is 896 g/mol. The summed E-state index contributed by atoms with van der Waals surface area (Å²) >= 11 is 0. The second kappa shape index (κ2) is 21.2. The van der Waals surface area contributed by atoms with E-state index in [0.717, 1.165) is 58.7 Å². The number of fused-ring (bicyclic) bond motifs is 3. The first-order valence-electron chi connectivity index (χ1n) is 22.8. The predicted octanol–water partition coefficient (Wildman–Crippen LogP) is 10.6. The van der Waals surface area contributed by atoms with E-state index in [-0.39, 0.29) is 62.8 Å². The number of hydrogen-bond acceptors (Lipinski definition) is 11. The molecule has 1 aliphatic heterocycles. The molecule has 0 radical (unpaired) electrons. The molecular weight excluding hydrogens is 839 g/mol. The van der Waals surface area contributed by atoms with Gasteiger partial charge < -0.3 is 34.0 Å². The molecule has 3 aliphatic rings. The smallest absolute Gasteiger partial charge is 0.410 e. The van der Waals surface area contributed by atoms with Crippen LogP contribution in [0.3, 0.4) is 0 Å². The van der Waals surface area contributed by atoms with Gasteiger partial charge in [0.2, 0.25) is 5.79 Å². The Morgan fingerprint density at radius 1 is 0.924 bits per heavy atom. The number of methoxy groups -OCH3 is 1. The van der Waals surface area contributed by atoms with Crippen LogP contribution in [0.15, 0.2) is 145 Å². The number of non-ortho nitro benzene ring substituents is 1. The third-order valence-electron chi connectivity index (χ3n) is 13.2. The highest BCUT2D eigenvalue weighted by Crippen LogP contribution is 2.62. The lowest BCUT2D eigenvalue weighted by Crippen LogP contribution is -2.70. The summed E-state index contributed by atoms with van der Waals surface area (Å²) in [6.07, 6.45) is 7.85. The van der Waals surface area contributed by atoms with Crippen molar-refractivity contribution in [2.45, 2.75) is 75.8 Å². The Bertz CT molecular complexity index is 2560. The molecule has 66 heavy (non-hydrogen) atoms. The molecule has 5 aromatic rings. The number of carbonyl (C=O) groups is 1. The molecule has 1 fully saturated rings. The fourth-order valence-corrected chi connectivity index (χ4v) is 10.3. The van der Waals surface area contributed by atoms with Gasteiger partial charge in [-0.2, -0.15) is 0 Å². The van der Waals surface area contributed by atoms with E-state index in [1.54, 1.807) is 29.2 Å². The first-order valence-corrected chi connectivity index (χ1v) is 22.8. The Morgan fingerprint density at radius 2 is 1.67 bits per heavy atom. The molecule has 8 rings (SSSR count). The summed E-state index contributed by atoms with van der Waals surface area (Å²) in [5.41, 5.74) is 4.12. The minimum Gasteiger partial charge on any atom is -0.459 e. The van der Waals surface area contributed by atoms with Gasteiger partial charge in [0.05, 0.1) is 42.9 Å². The van der Waals surface area contributed by atoms with E-state index in [9.17, 15) is 25.1 Å². The lowest BCUT2D eigenvalue weighted by molar-refractivity contribution is -0.384.